The summed E-state index contributed by atoms with van der Waals surface area (Å²) in [7, 11) is 0. The van der Waals surface area contributed by atoms with Crippen molar-refractivity contribution in [3.8, 4) is 5.75 Å². The first-order valence-electron chi connectivity index (χ1n) is 9.35. The third kappa shape index (κ3) is 6.03. The molecule has 0 N–H and O–H groups in total. The Labute approximate surface area is 167 Å². The number of hydrogen-bond donors (Lipinski definition) is 0. The highest BCUT2D eigenvalue weighted by molar-refractivity contribution is 5.72. The average molecular weight is 399 g/mol. The summed E-state index contributed by atoms with van der Waals surface area (Å²) in [5.74, 6) is -0.481. The number of rotatable bonds is 6. The molecule has 0 amide bonds. The molecule has 8 heteroatoms. The van der Waals surface area contributed by atoms with Crippen molar-refractivity contribution < 1.29 is 28.7 Å². The Kier molecular flexibility index (Phi) is 6.78. The van der Waals surface area contributed by atoms with E-state index in [-0.39, 0.29) is 29.9 Å². The van der Waals surface area contributed by atoms with Gasteiger partial charge in [-0.3, -0.25) is 14.9 Å². The van der Waals surface area contributed by atoms with Gasteiger partial charge in [0.05, 0.1) is 10.8 Å². The first kappa shape index (κ1) is 20.3. The smallest absolute Gasteiger partial charge is 0.461 e. The van der Waals surface area contributed by atoms with E-state index in [4.69, 9.17) is 14.2 Å². The summed E-state index contributed by atoms with van der Waals surface area (Å²) in [4.78, 5) is 34.4. The predicted octanol–water partition coefficient (Wildman–Crippen LogP) is 4.41. The summed E-state index contributed by atoms with van der Waals surface area (Å²) in [6, 6.07) is 14.5. The molecule has 2 unspecified atom stereocenters. The van der Waals surface area contributed by atoms with Crippen LogP contribution in [0, 0.1) is 16.0 Å². The highest BCUT2D eigenvalue weighted by Crippen LogP contribution is 2.28. The molecule has 2 aromatic rings. The molecule has 1 aliphatic carbocycles. The van der Waals surface area contributed by atoms with Gasteiger partial charge in [0.15, 0.2) is 0 Å². The van der Waals surface area contributed by atoms with E-state index in [2.05, 4.69) is 0 Å². The zero-order chi connectivity index (χ0) is 20.6. The molecular formula is C21H21NO7. The topological polar surface area (TPSA) is 105 Å². The largest absolute Gasteiger partial charge is 0.514 e. The average Bonchev–Trinajstić information content (AvgIpc) is 2.73. The molecule has 0 radical (unpaired) electrons. The molecule has 0 spiro atoms. The van der Waals surface area contributed by atoms with Crippen molar-refractivity contribution in [2.45, 2.75) is 38.4 Å². The van der Waals surface area contributed by atoms with Crippen LogP contribution in [-0.4, -0.2) is 23.2 Å². The fraction of sp³-hybridized carbons (Fsp3) is 0.333. The number of nitrogens with zero attached hydrogens (tertiary/aromatic N) is 1. The number of carbonyl (C=O) groups is 2. The SMILES string of the molecule is O=C(Oc1ccc([N+](=O)[O-])cc1)OC1CCCC(C(=O)OCc2ccccc2)C1. The number of hydrogen-bond acceptors (Lipinski definition) is 7. The maximum Gasteiger partial charge on any atom is 0.514 e. The van der Waals surface area contributed by atoms with E-state index in [0.29, 0.717) is 19.3 Å². The van der Waals surface area contributed by atoms with Crippen LogP contribution in [0.15, 0.2) is 54.6 Å². The Hall–Kier alpha value is -3.42. The summed E-state index contributed by atoms with van der Waals surface area (Å²) < 4.78 is 15.7. The van der Waals surface area contributed by atoms with Crippen molar-refractivity contribution in [1.29, 1.82) is 0 Å². The maximum atomic E-state index is 12.3. The van der Waals surface area contributed by atoms with E-state index in [1.165, 1.54) is 24.3 Å². The zero-order valence-corrected chi connectivity index (χ0v) is 15.7. The molecule has 152 valence electrons. The van der Waals surface area contributed by atoms with E-state index >= 15 is 0 Å². The van der Waals surface area contributed by atoms with Crippen LogP contribution in [0.5, 0.6) is 5.75 Å². The van der Waals surface area contributed by atoms with Crippen LogP contribution in [0.25, 0.3) is 0 Å². The molecule has 2 atom stereocenters. The van der Waals surface area contributed by atoms with E-state index < -0.39 is 17.2 Å². The first-order valence-corrected chi connectivity index (χ1v) is 9.35. The molecule has 0 saturated heterocycles. The summed E-state index contributed by atoms with van der Waals surface area (Å²) in [6.45, 7) is 0.212. The molecule has 2 aromatic carbocycles. The van der Waals surface area contributed by atoms with Crippen molar-refractivity contribution in [2.24, 2.45) is 5.92 Å². The minimum absolute atomic E-state index is 0.102. The standard InChI is InChI=1S/C21H21NO7/c23-20(27-14-15-5-2-1-3-6-15)16-7-4-8-19(13-16)29-21(24)28-18-11-9-17(10-12-18)22(25)26/h1-3,5-6,9-12,16,19H,4,7-8,13-14H2. The molecular weight excluding hydrogens is 378 g/mol. The van der Waals surface area contributed by atoms with Gasteiger partial charge < -0.3 is 14.2 Å². The van der Waals surface area contributed by atoms with Gasteiger partial charge in [0, 0.05) is 12.1 Å². The van der Waals surface area contributed by atoms with Crippen LogP contribution in [0.3, 0.4) is 0 Å². The molecule has 0 aromatic heterocycles. The van der Waals surface area contributed by atoms with E-state index in [1.807, 2.05) is 30.3 Å². The molecule has 1 aliphatic rings. The minimum atomic E-state index is -0.901. The Morgan fingerprint density at radius 2 is 1.76 bits per heavy atom. The summed E-state index contributed by atoms with van der Waals surface area (Å²) in [6.07, 6.45) is 1.09. The number of carbonyl (C=O) groups excluding carboxylic acids is 2. The highest BCUT2D eigenvalue weighted by Gasteiger charge is 2.31. The second-order valence-corrected chi connectivity index (χ2v) is 6.80. The van der Waals surface area contributed by atoms with Gasteiger partial charge in [0.25, 0.3) is 5.69 Å². The summed E-state index contributed by atoms with van der Waals surface area (Å²) in [5, 5.41) is 10.6. The third-order valence-corrected chi connectivity index (χ3v) is 4.69. The normalized spacial score (nSPS) is 18.5. The second-order valence-electron chi connectivity index (χ2n) is 6.80. The number of esters is 1. The number of non-ortho nitro benzene ring substituents is 1. The lowest BCUT2D eigenvalue weighted by Gasteiger charge is -2.27. The molecule has 0 aliphatic heterocycles. The number of benzene rings is 2. The molecule has 8 nitrogen and oxygen atoms in total. The van der Waals surface area contributed by atoms with Crippen molar-refractivity contribution in [3.05, 3.63) is 70.3 Å². The first-order chi connectivity index (χ1) is 14.0. The lowest BCUT2D eigenvalue weighted by atomic mass is 9.87. The fourth-order valence-corrected chi connectivity index (χ4v) is 3.20. The van der Waals surface area contributed by atoms with Crippen LogP contribution in [0.4, 0.5) is 10.5 Å². The molecule has 0 bridgehead atoms. The van der Waals surface area contributed by atoms with Crippen LogP contribution in [-0.2, 0) is 20.9 Å². The van der Waals surface area contributed by atoms with E-state index in [1.54, 1.807) is 0 Å². The van der Waals surface area contributed by atoms with Gasteiger partial charge >= 0.3 is 12.1 Å². The number of ether oxygens (including phenoxy) is 3. The quantitative estimate of drug-likeness (QED) is 0.306. The van der Waals surface area contributed by atoms with Gasteiger partial charge in [-0.05, 0) is 43.4 Å². The zero-order valence-electron chi connectivity index (χ0n) is 15.7. The van der Waals surface area contributed by atoms with Gasteiger partial charge in [-0.2, -0.15) is 0 Å². The van der Waals surface area contributed by atoms with Gasteiger partial charge in [-0.1, -0.05) is 30.3 Å². The molecule has 0 heterocycles. The van der Waals surface area contributed by atoms with Crippen LogP contribution < -0.4 is 4.74 Å². The van der Waals surface area contributed by atoms with Crippen molar-refractivity contribution >= 4 is 17.8 Å². The fourth-order valence-electron chi connectivity index (χ4n) is 3.20. The molecule has 1 fully saturated rings. The maximum absolute atomic E-state index is 12.3. The van der Waals surface area contributed by atoms with E-state index in [9.17, 15) is 19.7 Å². The second kappa shape index (κ2) is 9.68. The van der Waals surface area contributed by atoms with Gasteiger partial charge in [0.1, 0.15) is 18.5 Å². The summed E-state index contributed by atoms with van der Waals surface area (Å²) >= 11 is 0. The Morgan fingerprint density at radius 1 is 1.03 bits per heavy atom. The van der Waals surface area contributed by atoms with Crippen LogP contribution >= 0.6 is 0 Å². The van der Waals surface area contributed by atoms with Crippen molar-refractivity contribution in [2.75, 3.05) is 0 Å². The molecule has 29 heavy (non-hydrogen) atoms. The molecule has 1 saturated carbocycles. The third-order valence-electron chi connectivity index (χ3n) is 4.69. The van der Waals surface area contributed by atoms with Gasteiger partial charge in [-0.15, -0.1) is 0 Å². The van der Waals surface area contributed by atoms with Gasteiger partial charge in [0.2, 0.25) is 0 Å². The number of nitro groups is 1. The Bertz CT molecular complexity index is 851. The summed E-state index contributed by atoms with van der Waals surface area (Å²) in [5.41, 5.74) is 0.811. The van der Waals surface area contributed by atoms with Crippen LogP contribution in [0.1, 0.15) is 31.2 Å². The minimum Gasteiger partial charge on any atom is -0.461 e. The monoisotopic (exact) mass is 399 g/mol. The van der Waals surface area contributed by atoms with Gasteiger partial charge in [-0.25, -0.2) is 4.79 Å². The predicted molar refractivity (Wildman–Crippen MR) is 102 cm³/mol. The highest BCUT2D eigenvalue weighted by atomic mass is 16.7. The van der Waals surface area contributed by atoms with Crippen molar-refractivity contribution in [3.63, 3.8) is 0 Å². The number of nitro benzene ring substituents is 1. The van der Waals surface area contributed by atoms with E-state index in [0.717, 1.165) is 12.0 Å². The Balaban J connectivity index is 1.46. The van der Waals surface area contributed by atoms with Crippen molar-refractivity contribution in [1.82, 2.24) is 0 Å². The Morgan fingerprint density at radius 3 is 2.45 bits per heavy atom. The lowest BCUT2D eigenvalue weighted by molar-refractivity contribution is -0.384. The lowest BCUT2D eigenvalue weighted by Crippen LogP contribution is -2.31. The molecule has 3 rings (SSSR count). The van der Waals surface area contributed by atoms with Crippen LogP contribution in [0.2, 0.25) is 0 Å².